The van der Waals surface area contributed by atoms with Gasteiger partial charge in [-0.1, -0.05) is 48.4 Å². The second-order valence-corrected chi connectivity index (χ2v) is 11.7. The van der Waals surface area contributed by atoms with E-state index in [4.69, 9.17) is 0 Å². The Labute approximate surface area is 206 Å². The van der Waals surface area contributed by atoms with Gasteiger partial charge in [0.1, 0.15) is 6.04 Å². The van der Waals surface area contributed by atoms with E-state index in [9.17, 15) is 23.1 Å². The van der Waals surface area contributed by atoms with Crippen LogP contribution in [0.2, 0.25) is 0 Å². The number of hydrogen-bond acceptors (Lipinski definition) is 5. The first-order valence-corrected chi connectivity index (χ1v) is 13.5. The summed E-state index contributed by atoms with van der Waals surface area (Å²) >= 11 is 0. The third-order valence-electron chi connectivity index (χ3n) is 7.06. The van der Waals surface area contributed by atoms with Crippen LogP contribution in [-0.4, -0.2) is 43.6 Å². The average Bonchev–Trinajstić information content (AvgIpc) is 3.61. The maximum absolute atomic E-state index is 13.9. The number of carbonyl (C=O) groups is 3. The van der Waals surface area contributed by atoms with Crippen LogP contribution >= 0.6 is 0 Å². The van der Waals surface area contributed by atoms with Gasteiger partial charge in [0.2, 0.25) is 11.8 Å². The number of amides is 3. The summed E-state index contributed by atoms with van der Waals surface area (Å²) in [6, 6.07) is 11.9. The van der Waals surface area contributed by atoms with Crippen molar-refractivity contribution < 1.29 is 23.1 Å². The van der Waals surface area contributed by atoms with Gasteiger partial charge < -0.3 is 9.45 Å². The molecule has 184 valence electrons. The highest BCUT2D eigenvalue weighted by Gasteiger charge is 2.47. The minimum Gasteiger partial charge on any atom is -0.593 e. The van der Waals surface area contributed by atoms with Crippen molar-refractivity contribution in [1.82, 2.24) is 14.5 Å². The molecule has 0 radical (unpaired) electrons. The summed E-state index contributed by atoms with van der Waals surface area (Å²) in [5.74, 6) is -0.866. The van der Waals surface area contributed by atoms with Crippen LogP contribution < -0.4 is 5.32 Å². The lowest BCUT2D eigenvalue weighted by Crippen LogP contribution is -2.52. The molecule has 0 aromatic heterocycles. The third kappa shape index (κ3) is 4.44. The molecule has 2 unspecified atom stereocenters. The van der Waals surface area contributed by atoms with Crippen LogP contribution in [0.5, 0.6) is 0 Å². The quantitative estimate of drug-likeness (QED) is 0.469. The normalized spacial score (nSPS) is 21.9. The number of piperidine rings is 1. The summed E-state index contributed by atoms with van der Waals surface area (Å²) in [4.78, 5) is 38.6. The fourth-order valence-electron chi connectivity index (χ4n) is 4.89. The number of carbonyl (C=O) groups excluding carboxylic acids is 3. The molecule has 2 heterocycles. The number of benzene rings is 2. The van der Waals surface area contributed by atoms with Crippen molar-refractivity contribution in [3.8, 4) is 0 Å². The molecule has 8 nitrogen and oxygen atoms in total. The van der Waals surface area contributed by atoms with Gasteiger partial charge in [0, 0.05) is 17.5 Å². The zero-order valence-corrected chi connectivity index (χ0v) is 20.7. The second kappa shape index (κ2) is 8.96. The summed E-state index contributed by atoms with van der Waals surface area (Å²) in [6.45, 7) is 4.52. The van der Waals surface area contributed by atoms with Gasteiger partial charge >= 0.3 is 0 Å². The lowest BCUT2D eigenvalue weighted by molar-refractivity contribution is -0.136. The van der Waals surface area contributed by atoms with Gasteiger partial charge in [-0.3, -0.25) is 19.7 Å². The van der Waals surface area contributed by atoms with Crippen LogP contribution in [0.3, 0.4) is 0 Å². The summed E-state index contributed by atoms with van der Waals surface area (Å²) < 4.78 is 29.4. The second-order valence-electron chi connectivity index (χ2n) is 9.86. The molecule has 2 fully saturated rings. The number of imide groups is 1. The predicted octanol–water partition coefficient (Wildman–Crippen LogP) is 3.14. The Morgan fingerprint density at radius 3 is 2.43 bits per heavy atom. The first kappa shape index (κ1) is 23.8. The van der Waals surface area contributed by atoms with E-state index in [-0.39, 0.29) is 48.7 Å². The molecule has 5 rings (SSSR count). The number of fused-ring (bicyclic) bond motifs is 1. The highest BCUT2D eigenvalue weighted by atomic mass is 32.3. The molecular weight excluding hydrogens is 466 g/mol. The van der Waals surface area contributed by atoms with Crippen molar-refractivity contribution in [3.05, 3.63) is 64.7 Å². The maximum Gasteiger partial charge on any atom is 0.255 e. The molecule has 1 saturated heterocycles. The van der Waals surface area contributed by atoms with E-state index in [0.29, 0.717) is 17.0 Å². The van der Waals surface area contributed by atoms with E-state index in [1.807, 2.05) is 24.3 Å². The number of rotatable bonds is 7. The predicted molar refractivity (Wildman–Crippen MR) is 129 cm³/mol. The van der Waals surface area contributed by atoms with E-state index in [2.05, 4.69) is 19.2 Å². The van der Waals surface area contributed by atoms with Crippen LogP contribution in [0.4, 0.5) is 0 Å². The SMILES string of the molecule is CC(C)c1ccc(CN(C2CC2)[S+](=O)([O-])c2cccc3c2CN(C2CCC(=O)NC2=O)C3=O)cc1. The number of sulfonamides is 1. The van der Waals surface area contributed by atoms with E-state index in [1.165, 1.54) is 10.5 Å². The van der Waals surface area contributed by atoms with Crippen molar-refractivity contribution in [3.63, 3.8) is 0 Å². The molecule has 2 aromatic rings. The summed E-state index contributed by atoms with van der Waals surface area (Å²) in [7, 11) is -3.89. The van der Waals surface area contributed by atoms with Gasteiger partial charge in [-0.15, -0.1) is 4.31 Å². The zero-order chi connectivity index (χ0) is 24.9. The molecule has 3 amide bonds. The van der Waals surface area contributed by atoms with Crippen molar-refractivity contribution in [2.45, 2.75) is 75.5 Å². The highest BCUT2D eigenvalue weighted by molar-refractivity contribution is 7.95. The minimum absolute atomic E-state index is 0.0252. The Bertz CT molecular complexity index is 1240. The van der Waals surface area contributed by atoms with Gasteiger partial charge in [-0.25, -0.2) is 0 Å². The Hall–Kier alpha value is -2.88. The molecular formula is C26H29N3O5S. The van der Waals surface area contributed by atoms with Crippen molar-refractivity contribution in [2.24, 2.45) is 0 Å². The zero-order valence-electron chi connectivity index (χ0n) is 19.9. The molecule has 2 atom stereocenters. The number of hydrogen-bond donors (Lipinski definition) is 1. The molecule has 3 aliphatic rings. The van der Waals surface area contributed by atoms with E-state index in [0.717, 1.165) is 18.4 Å². The summed E-state index contributed by atoms with van der Waals surface area (Å²) in [6.07, 6.45) is 1.99. The van der Waals surface area contributed by atoms with Crippen LogP contribution in [0, 0.1) is 0 Å². The molecule has 2 aromatic carbocycles. The summed E-state index contributed by atoms with van der Waals surface area (Å²) in [5, 5.41) is 2.28. The molecule has 1 aliphatic carbocycles. The Balaban J connectivity index is 1.44. The molecule has 9 heteroatoms. The minimum atomic E-state index is -3.89. The van der Waals surface area contributed by atoms with Gasteiger partial charge in [0.15, 0.2) is 15.3 Å². The smallest absolute Gasteiger partial charge is 0.255 e. The molecule has 1 saturated carbocycles. The van der Waals surface area contributed by atoms with Gasteiger partial charge in [-0.05, 0) is 48.4 Å². The molecule has 0 spiro atoms. The first-order chi connectivity index (χ1) is 16.7. The highest BCUT2D eigenvalue weighted by Crippen LogP contribution is 2.40. The van der Waals surface area contributed by atoms with Crippen molar-refractivity contribution >= 4 is 28.1 Å². The van der Waals surface area contributed by atoms with Gasteiger partial charge in [-0.2, -0.15) is 0 Å². The average molecular weight is 496 g/mol. The van der Waals surface area contributed by atoms with Crippen molar-refractivity contribution in [2.75, 3.05) is 0 Å². The Kier molecular flexibility index (Phi) is 6.11. The van der Waals surface area contributed by atoms with Crippen LogP contribution in [0.25, 0.3) is 0 Å². The van der Waals surface area contributed by atoms with E-state index >= 15 is 0 Å². The fourth-order valence-corrected chi connectivity index (χ4v) is 6.80. The van der Waals surface area contributed by atoms with Gasteiger partial charge in [0.25, 0.3) is 5.91 Å². The number of nitrogens with one attached hydrogen (secondary N) is 1. The molecule has 1 N–H and O–H groups in total. The van der Waals surface area contributed by atoms with E-state index in [1.54, 1.807) is 22.5 Å². The largest absolute Gasteiger partial charge is 0.593 e. The lowest BCUT2D eigenvalue weighted by atomic mass is 10.0. The summed E-state index contributed by atoms with van der Waals surface area (Å²) in [5.41, 5.74) is 2.83. The standard InChI is InChI=1S/C26H29N3O5S/c1-16(2)18-8-6-17(7-9-18)14-29(19-10-11-19)35(33,34)23-5-3-4-20-21(23)15-28(26(20)32)22-12-13-24(30)27-25(22)31/h3-9,16,19,22H,10-15H2,1-2H3,(H-,27,30,31,33,34). The van der Waals surface area contributed by atoms with Gasteiger partial charge in [0.05, 0.1) is 19.1 Å². The van der Waals surface area contributed by atoms with Crippen LogP contribution in [0.1, 0.15) is 72.5 Å². The first-order valence-electron chi connectivity index (χ1n) is 12.0. The van der Waals surface area contributed by atoms with Crippen molar-refractivity contribution in [1.29, 1.82) is 0 Å². The molecule has 35 heavy (non-hydrogen) atoms. The monoisotopic (exact) mass is 495 g/mol. The Morgan fingerprint density at radius 2 is 1.80 bits per heavy atom. The number of nitrogens with zero attached hydrogens (tertiary/aromatic N) is 2. The van der Waals surface area contributed by atoms with Crippen LogP contribution in [-0.2, 0) is 37.3 Å². The lowest BCUT2D eigenvalue weighted by Gasteiger charge is -2.30. The fraction of sp³-hybridized carbons (Fsp3) is 0.423. The third-order valence-corrected chi connectivity index (χ3v) is 9.05. The molecule has 2 aliphatic heterocycles. The molecule has 0 bridgehead atoms. The Morgan fingerprint density at radius 1 is 1.09 bits per heavy atom. The van der Waals surface area contributed by atoms with E-state index < -0.39 is 22.3 Å². The maximum atomic E-state index is 13.9. The van der Waals surface area contributed by atoms with Crippen LogP contribution in [0.15, 0.2) is 47.4 Å². The topological polar surface area (TPSA) is 110 Å².